The molecule has 0 saturated carbocycles. The molecular formula is C10H13N. The van der Waals surface area contributed by atoms with Gasteiger partial charge < -0.3 is 4.98 Å². The summed E-state index contributed by atoms with van der Waals surface area (Å²) in [7, 11) is 0. The lowest BCUT2D eigenvalue weighted by Gasteiger charge is -1.92. The van der Waals surface area contributed by atoms with Gasteiger partial charge in [0.15, 0.2) is 0 Å². The van der Waals surface area contributed by atoms with Crippen LogP contribution in [0.1, 0.15) is 13.0 Å². The van der Waals surface area contributed by atoms with Crippen molar-refractivity contribution >= 4 is 10.9 Å². The second-order valence-corrected chi connectivity index (χ2v) is 2.51. The lowest BCUT2D eigenvalue weighted by molar-refractivity contribution is 1.47. The van der Waals surface area contributed by atoms with Crippen LogP contribution in [-0.4, -0.2) is 4.98 Å². The summed E-state index contributed by atoms with van der Waals surface area (Å²) in [6, 6.07) is 8.37. The van der Waals surface area contributed by atoms with E-state index in [4.69, 9.17) is 0 Å². The van der Waals surface area contributed by atoms with E-state index in [0.29, 0.717) is 0 Å². The minimum atomic E-state index is 0. The van der Waals surface area contributed by atoms with Gasteiger partial charge in [-0.1, -0.05) is 19.6 Å². The lowest BCUT2D eigenvalue weighted by Crippen LogP contribution is -1.71. The maximum atomic E-state index is 3.16. The molecule has 1 aromatic carbocycles. The van der Waals surface area contributed by atoms with E-state index in [1.165, 1.54) is 16.5 Å². The molecule has 1 heteroatoms. The monoisotopic (exact) mass is 147 g/mol. The van der Waals surface area contributed by atoms with E-state index in [-0.39, 0.29) is 7.43 Å². The van der Waals surface area contributed by atoms with Gasteiger partial charge in [-0.25, -0.2) is 0 Å². The van der Waals surface area contributed by atoms with Crippen LogP contribution in [0.15, 0.2) is 30.5 Å². The topological polar surface area (TPSA) is 15.8 Å². The zero-order chi connectivity index (χ0) is 6.97. The number of hydrogen-bond acceptors (Lipinski definition) is 0. The number of aromatic amines is 1. The molecule has 2 aromatic rings. The Labute approximate surface area is 67.1 Å². The number of nitrogens with one attached hydrogen (secondary N) is 1. The molecule has 1 heterocycles. The summed E-state index contributed by atoms with van der Waals surface area (Å²) in [6.07, 6.45) is 1.97. The second kappa shape index (κ2) is 2.79. The molecule has 0 aliphatic rings. The van der Waals surface area contributed by atoms with Crippen LogP contribution in [0.2, 0.25) is 0 Å². The van der Waals surface area contributed by atoms with Gasteiger partial charge in [0.1, 0.15) is 0 Å². The minimum absolute atomic E-state index is 0. The van der Waals surface area contributed by atoms with Gasteiger partial charge in [0.05, 0.1) is 0 Å². The highest BCUT2D eigenvalue weighted by atomic mass is 14.7. The van der Waals surface area contributed by atoms with Crippen LogP contribution < -0.4 is 0 Å². The summed E-state index contributed by atoms with van der Waals surface area (Å²) in [6.45, 7) is 2.12. The molecule has 1 N–H and O–H groups in total. The van der Waals surface area contributed by atoms with Crippen molar-refractivity contribution in [3.8, 4) is 0 Å². The molecule has 0 radical (unpaired) electrons. The van der Waals surface area contributed by atoms with E-state index in [9.17, 15) is 0 Å². The van der Waals surface area contributed by atoms with Crippen molar-refractivity contribution in [2.75, 3.05) is 0 Å². The molecule has 0 fully saturated rings. The molecule has 0 saturated heterocycles. The smallest absolute Gasteiger partial charge is 0.0456 e. The zero-order valence-corrected chi connectivity index (χ0v) is 5.89. The number of hydrogen-bond donors (Lipinski definition) is 1. The predicted molar refractivity (Wildman–Crippen MR) is 49.8 cm³/mol. The maximum absolute atomic E-state index is 3.16. The highest BCUT2D eigenvalue weighted by Gasteiger charge is 1.93. The summed E-state index contributed by atoms with van der Waals surface area (Å²) < 4.78 is 0. The number of rotatable bonds is 0. The van der Waals surface area contributed by atoms with E-state index >= 15 is 0 Å². The first-order valence-electron chi connectivity index (χ1n) is 3.40. The summed E-state index contributed by atoms with van der Waals surface area (Å²) >= 11 is 0. The average Bonchev–Trinajstić information content (AvgIpc) is 2.36. The van der Waals surface area contributed by atoms with E-state index in [0.717, 1.165) is 0 Å². The fourth-order valence-electron chi connectivity index (χ4n) is 1.24. The molecule has 0 aliphatic heterocycles. The van der Waals surface area contributed by atoms with Gasteiger partial charge in [-0.05, 0) is 24.6 Å². The van der Waals surface area contributed by atoms with E-state index in [2.05, 4.69) is 36.2 Å². The first-order chi connectivity index (χ1) is 4.88. The fraction of sp³-hybridized carbons (Fsp3) is 0.200. The number of H-pyrrole nitrogens is 1. The normalized spacial score (nSPS) is 9.55. The predicted octanol–water partition coefficient (Wildman–Crippen LogP) is 3.11. The Morgan fingerprint density at radius 3 is 2.73 bits per heavy atom. The Kier molecular flexibility index (Phi) is 1.99. The van der Waals surface area contributed by atoms with E-state index < -0.39 is 0 Å². The van der Waals surface area contributed by atoms with Crippen LogP contribution in [-0.2, 0) is 0 Å². The van der Waals surface area contributed by atoms with E-state index in [1.54, 1.807) is 0 Å². The van der Waals surface area contributed by atoms with Gasteiger partial charge in [0, 0.05) is 17.1 Å². The van der Waals surface area contributed by atoms with Crippen molar-refractivity contribution in [1.82, 2.24) is 4.98 Å². The van der Waals surface area contributed by atoms with Gasteiger partial charge in [0.2, 0.25) is 0 Å². The third kappa shape index (κ3) is 1.14. The Bertz CT molecular complexity index is 346. The first-order valence-corrected chi connectivity index (χ1v) is 3.40. The van der Waals surface area contributed by atoms with E-state index in [1.807, 2.05) is 6.20 Å². The standard InChI is InChI=1S/C9H9N.CH4/c1-7-3-2-4-9-8(7)5-6-10-9;/h2-6,10H,1H3;1H4. The van der Waals surface area contributed by atoms with Gasteiger partial charge in [-0.3, -0.25) is 0 Å². The molecule has 0 unspecified atom stereocenters. The van der Waals surface area contributed by atoms with Crippen LogP contribution in [0.5, 0.6) is 0 Å². The summed E-state index contributed by atoms with van der Waals surface area (Å²) in [5, 5.41) is 1.32. The molecule has 58 valence electrons. The van der Waals surface area contributed by atoms with Crippen LogP contribution in [0.3, 0.4) is 0 Å². The van der Waals surface area contributed by atoms with Crippen LogP contribution >= 0.6 is 0 Å². The van der Waals surface area contributed by atoms with Crippen molar-refractivity contribution in [3.05, 3.63) is 36.0 Å². The Balaban J connectivity index is 0.000000605. The SMILES string of the molecule is C.Cc1cccc2[nH]ccc12. The number of aromatic nitrogens is 1. The van der Waals surface area contributed by atoms with Gasteiger partial charge in [-0.15, -0.1) is 0 Å². The van der Waals surface area contributed by atoms with Gasteiger partial charge >= 0.3 is 0 Å². The Hall–Kier alpha value is -1.24. The molecule has 0 aliphatic carbocycles. The van der Waals surface area contributed by atoms with Gasteiger partial charge in [0.25, 0.3) is 0 Å². The van der Waals surface area contributed by atoms with Crippen LogP contribution in [0.25, 0.3) is 10.9 Å². The van der Waals surface area contributed by atoms with Crippen molar-refractivity contribution in [1.29, 1.82) is 0 Å². The third-order valence-corrected chi connectivity index (χ3v) is 1.81. The second-order valence-electron chi connectivity index (χ2n) is 2.51. The molecule has 0 amide bonds. The Morgan fingerprint density at radius 1 is 1.18 bits per heavy atom. The summed E-state index contributed by atoms with van der Waals surface area (Å²) in [4.78, 5) is 3.16. The lowest BCUT2D eigenvalue weighted by atomic mass is 10.1. The molecule has 1 aromatic heterocycles. The van der Waals surface area contributed by atoms with Crippen molar-refractivity contribution in [2.24, 2.45) is 0 Å². The largest absolute Gasteiger partial charge is 0.361 e. The highest BCUT2D eigenvalue weighted by Crippen LogP contribution is 2.15. The van der Waals surface area contributed by atoms with Crippen molar-refractivity contribution < 1.29 is 0 Å². The van der Waals surface area contributed by atoms with Gasteiger partial charge in [-0.2, -0.15) is 0 Å². The molecule has 0 atom stereocenters. The quantitative estimate of drug-likeness (QED) is 0.589. The summed E-state index contributed by atoms with van der Waals surface area (Å²) in [5.41, 5.74) is 2.55. The van der Waals surface area contributed by atoms with Crippen LogP contribution in [0.4, 0.5) is 0 Å². The molecule has 11 heavy (non-hydrogen) atoms. The number of fused-ring (bicyclic) bond motifs is 1. The maximum Gasteiger partial charge on any atom is 0.0456 e. The Morgan fingerprint density at radius 2 is 2.00 bits per heavy atom. The number of benzene rings is 1. The molecular weight excluding hydrogens is 134 g/mol. The fourth-order valence-corrected chi connectivity index (χ4v) is 1.24. The van der Waals surface area contributed by atoms with Crippen molar-refractivity contribution in [2.45, 2.75) is 14.4 Å². The molecule has 0 bridgehead atoms. The average molecular weight is 147 g/mol. The third-order valence-electron chi connectivity index (χ3n) is 1.81. The molecule has 2 rings (SSSR count). The van der Waals surface area contributed by atoms with Crippen molar-refractivity contribution in [3.63, 3.8) is 0 Å². The molecule has 1 nitrogen and oxygen atoms in total. The minimum Gasteiger partial charge on any atom is -0.361 e. The first kappa shape index (κ1) is 7.86. The molecule has 0 spiro atoms. The van der Waals surface area contributed by atoms with Crippen LogP contribution in [0, 0.1) is 6.92 Å². The highest BCUT2D eigenvalue weighted by molar-refractivity contribution is 5.82. The zero-order valence-electron chi connectivity index (χ0n) is 5.89. The number of aryl methyl sites for hydroxylation is 1. The summed E-state index contributed by atoms with van der Waals surface area (Å²) in [5.74, 6) is 0.